The van der Waals surface area contributed by atoms with Gasteiger partial charge in [0.25, 0.3) is 0 Å². The van der Waals surface area contributed by atoms with Gasteiger partial charge in [0.2, 0.25) is 11.9 Å². The Labute approximate surface area is 111 Å². The molecule has 0 aromatic carbocycles. The number of rotatable bonds is 6. The van der Waals surface area contributed by atoms with Gasteiger partial charge in [-0.1, -0.05) is 20.3 Å². The standard InChI is InChI=1S/C11H19N5O3/c1-4-6(2)9(12)10(18)14-11-13-7(15-16-11)5-8(17)19-3/h6,9H,4-5,12H2,1-3H3,(H2,13,14,15,16,18). The van der Waals surface area contributed by atoms with Crippen molar-refractivity contribution in [2.45, 2.75) is 32.7 Å². The van der Waals surface area contributed by atoms with E-state index >= 15 is 0 Å². The van der Waals surface area contributed by atoms with Gasteiger partial charge in [-0.15, -0.1) is 5.10 Å². The number of hydrogen-bond donors (Lipinski definition) is 3. The summed E-state index contributed by atoms with van der Waals surface area (Å²) in [5.74, 6) is -0.307. The lowest BCUT2D eigenvalue weighted by molar-refractivity contribution is -0.139. The van der Waals surface area contributed by atoms with Gasteiger partial charge >= 0.3 is 5.97 Å². The van der Waals surface area contributed by atoms with Crippen LogP contribution >= 0.6 is 0 Å². The van der Waals surface area contributed by atoms with Crippen molar-refractivity contribution in [3.8, 4) is 0 Å². The van der Waals surface area contributed by atoms with Crippen molar-refractivity contribution >= 4 is 17.8 Å². The van der Waals surface area contributed by atoms with Crippen LogP contribution in [0.3, 0.4) is 0 Å². The van der Waals surface area contributed by atoms with E-state index in [0.717, 1.165) is 6.42 Å². The molecule has 1 aromatic heterocycles. The third kappa shape index (κ3) is 4.32. The number of carbonyl (C=O) groups excluding carboxylic acids is 2. The van der Waals surface area contributed by atoms with E-state index in [0.29, 0.717) is 5.82 Å². The van der Waals surface area contributed by atoms with Crippen LogP contribution in [0.5, 0.6) is 0 Å². The number of H-pyrrole nitrogens is 1. The summed E-state index contributed by atoms with van der Waals surface area (Å²) in [6.45, 7) is 3.85. The van der Waals surface area contributed by atoms with Crippen LogP contribution in [0.15, 0.2) is 0 Å². The Morgan fingerprint density at radius 2 is 2.21 bits per heavy atom. The number of nitrogens with zero attached hydrogens (tertiary/aromatic N) is 2. The summed E-state index contributed by atoms with van der Waals surface area (Å²) >= 11 is 0. The predicted molar refractivity (Wildman–Crippen MR) is 68.2 cm³/mol. The van der Waals surface area contributed by atoms with Gasteiger partial charge in [0, 0.05) is 0 Å². The lowest BCUT2D eigenvalue weighted by Crippen LogP contribution is -2.40. The minimum absolute atomic E-state index is 0.0310. The molecule has 8 heteroatoms. The van der Waals surface area contributed by atoms with Crippen molar-refractivity contribution in [1.29, 1.82) is 0 Å². The highest BCUT2D eigenvalue weighted by Gasteiger charge is 2.20. The molecule has 0 fully saturated rings. The molecule has 106 valence electrons. The fourth-order valence-electron chi connectivity index (χ4n) is 1.35. The molecule has 0 radical (unpaired) electrons. The SMILES string of the molecule is CCC(C)C(N)C(=O)Nc1n[nH]c(CC(=O)OC)n1. The normalized spacial score (nSPS) is 13.7. The number of amides is 1. The summed E-state index contributed by atoms with van der Waals surface area (Å²) in [5.41, 5.74) is 5.78. The Hall–Kier alpha value is -1.96. The summed E-state index contributed by atoms with van der Waals surface area (Å²) in [5, 5.41) is 8.82. The van der Waals surface area contributed by atoms with E-state index in [1.165, 1.54) is 7.11 Å². The average Bonchev–Trinajstić information content (AvgIpc) is 2.83. The topological polar surface area (TPSA) is 123 Å². The molecule has 0 aliphatic carbocycles. The van der Waals surface area contributed by atoms with Gasteiger partial charge in [-0.25, -0.2) is 0 Å². The van der Waals surface area contributed by atoms with Crippen LogP contribution in [0.1, 0.15) is 26.1 Å². The van der Waals surface area contributed by atoms with Gasteiger partial charge < -0.3 is 10.5 Å². The molecule has 2 atom stereocenters. The summed E-state index contributed by atoms with van der Waals surface area (Å²) in [6, 6.07) is -0.618. The maximum absolute atomic E-state index is 11.8. The predicted octanol–water partition coefficient (Wildman–Crippen LogP) is -0.168. The number of hydrogen-bond acceptors (Lipinski definition) is 6. The van der Waals surface area contributed by atoms with Crippen molar-refractivity contribution in [1.82, 2.24) is 15.2 Å². The maximum atomic E-state index is 11.8. The molecule has 19 heavy (non-hydrogen) atoms. The van der Waals surface area contributed by atoms with Crippen molar-refractivity contribution in [2.24, 2.45) is 11.7 Å². The van der Waals surface area contributed by atoms with Gasteiger partial charge in [0.1, 0.15) is 12.2 Å². The fraction of sp³-hybridized carbons (Fsp3) is 0.636. The molecule has 1 aromatic rings. The molecule has 4 N–H and O–H groups in total. The number of ether oxygens (including phenoxy) is 1. The first-order chi connectivity index (χ1) is 8.97. The van der Waals surface area contributed by atoms with E-state index in [4.69, 9.17) is 5.73 Å². The number of aromatic nitrogens is 3. The smallest absolute Gasteiger partial charge is 0.313 e. The number of carbonyl (C=O) groups is 2. The van der Waals surface area contributed by atoms with Crippen molar-refractivity contribution < 1.29 is 14.3 Å². The summed E-state index contributed by atoms with van der Waals surface area (Å²) in [7, 11) is 1.28. The molecule has 1 amide bonds. The van der Waals surface area contributed by atoms with E-state index in [-0.39, 0.29) is 24.2 Å². The summed E-state index contributed by atoms with van der Waals surface area (Å²) < 4.78 is 4.49. The zero-order chi connectivity index (χ0) is 14.4. The molecule has 1 heterocycles. The van der Waals surface area contributed by atoms with E-state index in [9.17, 15) is 9.59 Å². The first kappa shape index (κ1) is 15.1. The molecule has 0 bridgehead atoms. The minimum atomic E-state index is -0.618. The second-order valence-electron chi connectivity index (χ2n) is 4.26. The molecule has 0 aliphatic heterocycles. The van der Waals surface area contributed by atoms with Crippen molar-refractivity contribution in [2.75, 3.05) is 12.4 Å². The van der Waals surface area contributed by atoms with E-state index in [1.807, 2.05) is 13.8 Å². The van der Waals surface area contributed by atoms with E-state index < -0.39 is 12.0 Å². The Morgan fingerprint density at radius 1 is 1.53 bits per heavy atom. The lowest BCUT2D eigenvalue weighted by Gasteiger charge is -2.16. The highest BCUT2D eigenvalue weighted by atomic mass is 16.5. The number of methoxy groups -OCH3 is 1. The average molecular weight is 269 g/mol. The van der Waals surface area contributed by atoms with Gasteiger partial charge in [-0.05, 0) is 5.92 Å². The Kier molecular flexibility index (Phi) is 5.43. The molecular formula is C11H19N5O3. The molecule has 1 rings (SSSR count). The minimum Gasteiger partial charge on any atom is -0.469 e. The molecule has 0 aliphatic rings. The first-order valence-electron chi connectivity index (χ1n) is 6.02. The van der Waals surface area contributed by atoms with Crippen LogP contribution in [-0.2, 0) is 20.7 Å². The van der Waals surface area contributed by atoms with Gasteiger partial charge in [0.15, 0.2) is 0 Å². The first-order valence-corrected chi connectivity index (χ1v) is 6.02. The van der Waals surface area contributed by atoms with Gasteiger partial charge in [0.05, 0.1) is 13.2 Å². The van der Waals surface area contributed by atoms with Crippen LogP contribution in [0.2, 0.25) is 0 Å². The zero-order valence-corrected chi connectivity index (χ0v) is 11.3. The Bertz CT molecular complexity index is 445. The number of nitrogens with two attached hydrogens (primary N) is 1. The van der Waals surface area contributed by atoms with Crippen LogP contribution in [-0.4, -0.2) is 40.2 Å². The number of nitrogens with one attached hydrogen (secondary N) is 2. The van der Waals surface area contributed by atoms with Crippen LogP contribution in [0.25, 0.3) is 0 Å². The monoisotopic (exact) mass is 269 g/mol. The largest absolute Gasteiger partial charge is 0.469 e. The van der Waals surface area contributed by atoms with Crippen LogP contribution in [0, 0.1) is 5.92 Å². The van der Waals surface area contributed by atoms with Crippen LogP contribution < -0.4 is 11.1 Å². The number of esters is 1. The van der Waals surface area contributed by atoms with Crippen LogP contribution in [0.4, 0.5) is 5.95 Å². The maximum Gasteiger partial charge on any atom is 0.313 e. The molecule has 0 spiro atoms. The summed E-state index contributed by atoms with van der Waals surface area (Å²) in [6.07, 6.45) is 0.771. The van der Waals surface area contributed by atoms with E-state index in [2.05, 4.69) is 25.2 Å². The van der Waals surface area contributed by atoms with Gasteiger partial charge in [-0.3, -0.25) is 20.0 Å². The lowest BCUT2D eigenvalue weighted by atomic mass is 10.00. The third-order valence-electron chi connectivity index (χ3n) is 2.87. The fourth-order valence-corrected chi connectivity index (χ4v) is 1.35. The highest BCUT2D eigenvalue weighted by molar-refractivity contribution is 5.93. The molecule has 2 unspecified atom stereocenters. The van der Waals surface area contributed by atoms with Gasteiger partial charge in [-0.2, -0.15) is 4.98 Å². The third-order valence-corrected chi connectivity index (χ3v) is 2.87. The summed E-state index contributed by atoms with van der Waals surface area (Å²) in [4.78, 5) is 26.8. The quantitative estimate of drug-likeness (QED) is 0.616. The molecule has 0 saturated carbocycles. The second-order valence-corrected chi connectivity index (χ2v) is 4.26. The van der Waals surface area contributed by atoms with Crippen molar-refractivity contribution in [3.05, 3.63) is 5.82 Å². The number of aromatic amines is 1. The molecular weight excluding hydrogens is 250 g/mol. The second kappa shape index (κ2) is 6.83. The Morgan fingerprint density at radius 3 is 2.79 bits per heavy atom. The highest BCUT2D eigenvalue weighted by Crippen LogP contribution is 2.08. The Balaban J connectivity index is 2.58. The molecule has 8 nitrogen and oxygen atoms in total. The van der Waals surface area contributed by atoms with E-state index in [1.54, 1.807) is 0 Å². The number of anilines is 1. The van der Waals surface area contributed by atoms with Crippen molar-refractivity contribution in [3.63, 3.8) is 0 Å². The molecule has 0 saturated heterocycles. The zero-order valence-electron chi connectivity index (χ0n) is 11.3.